The van der Waals surface area contributed by atoms with Crippen molar-refractivity contribution in [3.05, 3.63) is 226 Å². The van der Waals surface area contributed by atoms with Crippen LogP contribution in [0.5, 0.6) is 34.5 Å². The van der Waals surface area contributed by atoms with Gasteiger partial charge in [-0.3, -0.25) is 84.9 Å². The number of hydrogen-bond acceptors (Lipinski definition) is 18. The Hall–Kier alpha value is -9.60. The first-order valence-electron chi connectivity index (χ1n) is 41.6. The van der Waals surface area contributed by atoms with Crippen molar-refractivity contribution < 1.29 is 28.4 Å². The van der Waals surface area contributed by atoms with Crippen molar-refractivity contribution >= 4 is 112 Å². The van der Waals surface area contributed by atoms with Crippen LogP contribution in [0, 0.1) is 0 Å². The summed E-state index contributed by atoms with van der Waals surface area (Å²) in [5, 5.41) is -1.80. The molecular formula is C90H99Br3N6O18. The molecule has 12 aromatic rings. The van der Waals surface area contributed by atoms with E-state index in [1.54, 1.807) is 36.4 Å². The van der Waals surface area contributed by atoms with Gasteiger partial charge in [-0.2, -0.15) is 0 Å². The molecule has 22 heterocycles. The lowest BCUT2D eigenvalue weighted by molar-refractivity contribution is 0.291. The zero-order valence-electron chi connectivity index (χ0n) is 67.3. The Morgan fingerprint density at radius 2 is 0.359 bits per heavy atom. The van der Waals surface area contributed by atoms with Crippen molar-refractivity contribution in [2.75, 3.05) is 39.6 Å². The lowest BCUT2D eigenvalue weighted by Crippen LogP contribution is -2.28. The molecular weight excluding hydrogens is 1690 g/mol. The molecule has 28 rings (SSSR count). The molecule has 27 heteroatoms. The van der Waals surface area contributed by atoms with E-state index in [0.717, 1.165) is 143 Å². The van der Waals surface area contributed by atoms with E-state index >= 15 is 57.5 Å². The smallest absolute Gasteiger partial charge is 0.263 e. The fourth-order valence-electron chi connectivity index (χ4n) is 16.1. The Morgan fingerprint density at radius 3 is 0.496 bits per heavy atom. The molecule has 0 saturated carbocycles. The van der Waals surface area contributed by atoms with Gasteiger partial charge in [-0.15, -0.1) is 0 Å². The molecule has 0 saturated heterocycles. The van der Waals surface area contributed by atoms with E-state index < -0.39 is 66.7 Å². The van der Waals surface area contributed by atoms with Gasteiger partial charge in [0.1, 0.15) is 34.5 Å². The summed E-state index contributed by atoms with van der Waals surface area (Å²) in [5.41, 5.74) is -7.41. The van der Waals surface area contributed by atoms with Gasteiger partial charge in [0.25, 0.3) is 66.7 Å². The summed E-state index contributed by atoms with van der Waals surface area (Å²) in [6.07, 6.45) is 19.8. The number of aromatic nitrogens is 6. The molecule has 0 radical (unpaired) electrons. The van der Waals surface area contributed by atoms with Gasteiger partial charge < -0.3 is 28.4 Å². The Labute approximate surface area is 698 Å². The molecule has 16 aliphatic heterocycles. The van der Waals surface area contributed by atoms with Crippen LogP contribution < -0.4 is 95.1 Å². The first-order valence-corrected chi connectivity index (χ1v) is 44.0. The number of halogens is 3. The van der Waals surface area contributed by atoms with Crippen LogP contribution in [0.25, 0.3) is 64.6 Å². The van der Waals surface area contributed by atoms with Crippen molar-refractivity contribution in [1.82, 2.24) is 27.4 Å². The van der Waals surface area contributed by atoms with Crippen molar-refractivity contribution in [2.45, 2.75) is 235 Å². The van der Waals surface area contributed by atoms with Gasteiger partial charge in [0, 0.05) is 46.8 Å². The Kier molecular flexibility index (Phi) is 27.7. The summed E-state index contributed by atoms with van der Waals surface area (Å²) in [5.74, 6) is 1.27. The zero-order chi connectivity index (χ0) is 83.0. The minimum Gasteiger partial charge on any atom is -0.493 e. The van der Waals surface area contributed by atoms with Crippen LogP contribution in [0.2, 0.25) is 0 Å². The van der Waals surface area contributed by atoms with Gasteiger partial charge in [0.15, 0.2) is 0 Å². The van der Waals surface area contributed by atoms with Crippen molar-refractivity contribution in [3.63, 3.8) is 0 Å². The molecule has 0 amide bonds. The lowest BCUT2D eigenvalue weighted by atomic mass is 10.1. The normalized spacial score (nSPS) is 12.7. The average Bonchev–Trinajstić information content (AvgIpc) is 1.58. The van der Waals surface area contributed by atoms with E-state index in [2.05, 4.69) is 89.3 Å². The van der Waals surface area contributed by atoms with Gasteiger partial charge in [0.05, 0.1) is 144 Å². The summed E-state index contributed by atoms with van der Waals surface area (Å²) in [6, 6.07) is 13.6. The predicted molar refractivity (Wildman–Crippen MR) is 470 cm³/mol. The molecule has 0 spiro atoms. The fraction of sp³-hybridized carbons (Fsp3) is 0.467. The highest BCUT2D eigenvalue weighted by molar-refractivity contribution is 9.11. The largest absolute Gasteiger partial charge is 0.493 e. The van der Waals surface area contributed by atoms with E-state index in [0.29, 0.717) is 71.9 Å². The van der Waals surface area contributed by atoms with E-state index in [-0.39, 0.29) is 191 Å². The average molecular weight is 1790 g/mol. The third kappa shape index (κ3) is 17.1. The fourth-order valence-corrected chi connectivity index (χ4v) is 18.4. The molecule has 0 aliphatic carbocycles. The summed E-state index contributed by atoms with van der Waals surface area (Å²) in [7, 11) is 0. The number of ether oxygens (including phenoxy) is 6. The second kappa shape index (κ2) is 38.0. The molecule has 0 unspecified atom stereocenters. The summed E-state index contributed by atoms with van der Waals surface area (Å²) in [6.45, 7) is 11.3. The van der Waals surface area contributed by atoms with Gasteiger partial charge in [-0.25, -0.2) is 0 Å². The van der Waals surface area contributed by atoms with Crippen LogP contribution in [0.1, 0.15) is 229 Å². The first kappa shape index (κ1) is 85.3. The Bertz CT molecular complexity index is 5470. The third-order valence-corrected chi connectivity index (χ3v) is 25.0. The third-order valence-electron chi connectivity index (χ3n) is 22.6. The number of nitrogens with zero attached hydrogens (tertiary/aromatic N) is 6. The van der Waals surface area contributed by atoms with Crippen LogP contribution in [0.15, 0.2) is 126 Å². The van der Waals surface area contributed by atoms with Crippen molar-refractivity contribution in [1.29, 1.82) is 0 Å². The Balaban J connectivity index is 1.03. The standard InChI is InChI=1S/C90H99Br3N6O18/c1-7-13-19-25-31-112-64-37-53-47-95-80(101)59-44-61-73(77(92)71(59)86(95)107)88(109)97(82(61)103)49-55-40-69(117-36-30-24-18-12-6)57(42-68(55)116-35-29-23-17-11-5)51-99-84(105)63-45-62-74(78(93)75(63)90(99)111)89(110)98(83(62)104)50-56-41-66(114-33-27-21-15-9-3)54(39-67(56)115-34-28-22-16-10-4)48-96-81(102)60-43-58-70(76(91)72(60)87(96)108)85(106)94(79(58)100)46-52(64)38-65(53)113-32-26-20-14-8-2/h37-45H,7-36,46-51H2,1-6H3. The number of hydrogen-bond donors (Lipinski definition) is 0. The summed E-state index contributed by atoms with van der Waals surface area (Å²) in [4.78, 5) is 182. The minimum atomic E-state index is -0.785. The van der Waals surface area contributed by atoms with E-state index in [1.807, 2.05) is 0 Å². The van der Waals surface area contributed by atoms with Crippen molar-refractivity contribution in [3.8, 4) is 34.5 Å². The molecule has 0 N–H and O–H groups in total. The monoisotopic (exact) mass is 1790 g/mol. The Morgan fingerprint density at radius 1 is 0.214 bits per heavy atom. The number of unbranched alkanes of at least 4 members (excludes halogenated alkanes) is 18. The summed E-state index contributed by atoms with van der Waals surface area (Å²) < 4.78 is 45.3. The van der Waals surface area contributed by atoms with Crippen LogP contribution in [0.4, 0.5) is 0 Å². The maximum Gasteiger partial charge on any atom is 0.263 e. The second-order valence-corrected chi connectivity index (χ2v) is 33.3. The SMILES string of the molecule is CCCCCCOc1cc2c(OCCCCCC)cc1Cn1c(=O)c3cc4c(=O)n(c(=O)c4c(Br)c3c1=O)Cc1cc(OCCCCCC)c(cc1OCCCCCC)Cn1c(=O)c3cc4c(=O)n(c(=O)c4c(Br)c3c1=O)Cc1cc(OCCCCCC)c(cc1OCCCCCC)Cn1c(=O)c3cc4c(=O)n(c(=O)c4c(Br)c3c1=O)C2. The van der Waals surface area contributed by atoms with Crippen LogP contribution in [-0.4, -0.2) is 67.0 Å². The van der Waals surface area contributed by atoms with Crippen molar-refractivity contribution in [2.24, 2.45) is 0 Å². The highest BCUT2D eigenvalue weighted by atomic mass is 79.9. The first-order chi connectivity index (χ1) is 56.6. The molecule has 6 aromatic carbocycles. The van der Waals surface area contributed by atoms with E-state index in [4.69, 9.17) is 28.4 Å². The molecule has 24 bridgehead atoms. The van der Waals surface area contributed by atoms with Crippen LogP contribution in [-0.2, 0) is 39.3 Å². The molecule has 0 fully saturated rings. The predicted octanol–water partition coefficient (Wildman–Crippen LogP) is 15.0. The summed E-state index contributed by atoms with van der Waals surface area (Å²) >= 11 is 10.6. The maximum atomic E-state index is 15.2. The minimum absolute atomic E-state index is 0.0776. The van der Waals surface area contributed by atoms with Crippen LogP contribution >= 0.6 is 47.8 Å². The lowest BCUT2D eigenvalue weighted by Gasteiger charge is -2.18. The van der Waals surface area contributed by atoms with Gasteiger partial charge in [-0.1, -0.05) is 157 Å². The topological polar surface area (TPSA) is 290 Å². The molecule has 618 valence electrons. The highest BCUT2D eigenvalue weighted by Gasteiger charge is 2.32. The molecule has 24 nitrogen and oxygen atoms in total. The van der Waals surface area contributed by atoms with E-state index in [9.17, 15) is 0 Å². The van der Waals surface area contributed by atoms with E-state index in [1.165, 1.54) is 18.2 Å². The number of rotatable bonds is 36. The maximum absolute atomic E-state index is 15.2. The van der Waals surface area contributed by atoms with Gasteiger partial charge >= 0.3 is 0 Å². The van der Waals surface area contributed by atoms with Crippen LogP contribution in [0.3, 0.4) is 0 Å². The molecule has 0 atom stereocenters. The number of benzene rings is 6. The van der Waals surface area contributed by atoms with Gasteiger partial charge in [-0.05, 0) is 141 Å². The quantitative estimate of drug-likeness (QED) is 0.0330. The zero-order valence-corrected chi connectivity index (χ0v) is 72.1. The second-order valence-electron chi connectivity index (χ2n) is 30.9. The molecule has 16 aliphatic rings. The molecule has 6 aromatic heterocycles. The highest BCUT2D eigenvalue weighted by Crippen LogP contribution is 2.38. The van der Waals surface area contributed by atoms with Gasteiger partial charge in [0.2, 0.25) is 0 Å². The molecule has 117 heavy (non-hydrogen) atoms.